The lowest BCUT2D eigenvalue weighted by atomic mass is 9.95. The summed E-state index contributed by atoms with van der Waals surface area (Å²) in [6.07, 6.45) is 12.4. The average Bonchev–Trinajstić information content (AvgIpc) is 2.40. The lowest BCUT2D eigenvalue weighted by Crippen LogP contribution is -2.33. The fourth-order valence-electron chi connectivity index (χ4n) is 2.36. The second-order valence-electron chi connectivity index (χ2n) is 5.09. The molecule has 2 rings (SSSR count). The van der Waals surface area contributed by atoms with Gasteiger partial charge in [0.1, 0.15) is 0 Å². The van der Waals surface area contributed by atoms with Crippen LogP contribution in [0.3, 0.4) is 0 Å². The quantitative estimate of drug-likeness (QED) is 0.731. The Hall–Kier alpha value is -1.52. The molecule has 0 radical (unpaired) electrons. The van der Waals surface area contributed by atoms with Crippen molar-refractivity contribution in [1.29, 1.82) is 0 Å². The molecule has 0 N–H and O–H groups in total. The lowest BCUT2D eigenvalue weighted by molar-refractivity contribution is 0.226. The standard InChI is InChI=1S/C17H21N/c1-3-12-18-13-10-17(11-14-18)9-8-16-6-4-15(2)5-7-16/h1,4-9,17H,10-14H2,2H3/b9-8+. The van der Waals surface area contributed by atoms with Gasteiger partial charge in [-0.3, -0.25) is 4.90 Å². The summed E-state index contributed by atoms with van der Waals surface area (Å²) in [4.78, 5) is 2.36. The van der Waals surface area contributed by atoms with E-state index in [0.717, 1.165) is 19.6 Å². The third-order valence-electron chi connectivity index (χ3n) is 3.59. The largest absolute Gasteiger partial charge is 0.292 e. The first-order valence-corrected chi connectivity index (χ1v) is 6.68. The van der Waals surface area contributed by atoms with Gasteiger partial charge in [0.05, 0.1) is 6.54 Å². The van der Waals surface area contributed by atoms with Gasteiger partial charge in [-0.1, -0.05) is 47.9 Å². The molecule has 18 heavy (non-hydrogen) atoms. The summed E-state index contributed by atoms with van der Waals surface area (Å²) in [5, 5.41) is 0. The highest BCUT2D eigenvalue weighted by molar-refractivity contribution is 5.49. The third kappa shape index (κ3) is 3.75. The molecule has 0 spiro atoms. The van der Waals surface area contributed by atoms with E-state index < -0.39 is 0 Å². The second kappa shape index (κ2) is 6.42. The molecule has 94 valence electrons. The number of aryl methyl sites for hydroxylation is 1. The van der Waals surface area contributed by atoms with Crippen LogP contribution in [-0.2, 0) is 0 Å². The van der Waals surface area contributed by atoms with Gasteiger partial charge in [-0.25, -0.2) is 0 Å². The van der Waals surface area contributed by atoms with E-state index in [1.54, 1.807) is 0 Å². The molecule has 1 nitrogen and oxygen atoms in total. The summed E-state index contributed by atoms with van der Waals surface area (Å²) in [6, 6.07) is 8.68. The highest BCUT2D eigenvalue weighted by atomic mass is 15.1. The Morgan fingerprint density at radius 1 is 1.28 bits per heavy atom. The maximum Gasteiger partial charge on any atom is 0.0598 e. The number of hydrogen-bond acceptors (Lipinski definition) is 1. The maximum absolute atomic E-state index is 5.34. The van der Waals surface area contributed by atoms with E-state index in [-0.39, 0.29) is 0 Å². The predicted octanol–water partition coefficient (Wildman–Crippen LogP) is 3.35. The van der Waals surface area contributed by atoms with Crippen molar-refractivity contribution in [1.82, 2.24) is 4.90 Å². The molecule has 0 bridgehead atoms. The van der Waals surface area contributed by atoms with Crippen molar-refractivity contribution in [3.8, 4) is 12.3 Å². The van der Waals surface area contributed by atoms with Crippen LogP contribution in [0.25, 0.3) is 6.08 Å². The summed E-state index contributed by atoms with van der Waals surface area (Å²) in [7, 11) is 0. The number of nitrogens with zero attached hydrogens (tertiary/aromatic N) is 1. The highest BCUT2D eigenvalue weighted by Gasteiger charge is 2.15. The number of allylic oxidation sites excluding steroid dienone is 1. The Bertz CT molecular complexity index is 428. The number of piperidine rings is 1. The van der Waals surface area contributed by atoms with Crippen LogP contribution < -0.4 is 0 Å². The van der Waals surface area contributed by atoms with Gasteiger partial charge in [-0.15, -0.1) is 6.42 Å². The summed E-state index contributed by atoms with van der Waals surface area (Å²) >= 11 is 0. The minimum absolute atomic E-state index is 0.709. The van der Waals surface area contributed by atoms with Crippen LogP contribution in [0, 0.1) is 25.2 Å². The Morgan fingerprint density at radius 2 is 1.94 bits per heavy atom. The zero-order valence-corrected chi connectivity index (χ0v) is 11.1. The van der Waals surface area contributed by atoms with Crippen molar-refractivity contribution in [2.75, 3.05) is 19.6 Å². The van der Waals surface area contributed by atoms with Crippen molar-refractivity contribution < 1.29 is 0 Å². The molecule has 0 atom stereocenters. The first-order chi connectivity index (χ1) is 8.78. The van der Waals surface area contributed by atoms with Crippen LogP contribution in [0.2, 0.25) is 0 Å². The smallest absolute Gasteiger partial charge is 0.0598 e. The third-order valence-corrected chi connectivity index (χ3v) is 3.59. The van der Waals surface area contributed by atoms with Gasteiger partial charge in [0, 0.05) is 0 Å². The van der Waals surface area contributed by atoms with Crippen molar-refractivity contribution in [2.45, 2.75) is 19.8 Å². The van der Waals surface area contributed by atoms with Crippen LogP contribution in [-0.4, -0.2) is 24.5 Å². The highest BCUT2D eigenvalue weighted by Crippen LogP contribution is 2.19. The van der Waals surface area contributed by atoms with E-state index in [1.165, 1.54) is 24.0 Å². The first-order valence-electron chi connectivity index (χ1n) is 6.68. The minimum Gasteiger partial charge on any atom is -0.292 e. The molecular formula is C17H21N. The molecule has 1 aliphatic heterocycles. The zero-order chi connectivity index (χ0) is 12.8. The molecular weight excluding hydrogens is 218 g/mol. The lowest BCUT2D eigenvalue weighted by Gasteiger charge is -2.28. The average molecular weight is 239 g/mol. The van der Waals surface area contributed by atoms with E-state index >= 15 is 0 Å². The molecule has 1 saturated heterocycles. The molecule has 0 aromatic heterocycles. The summed E-state index contributed by atoms with van der Waals surface area (Å²) in [5.74, 6) is 3.43. The van der Waals surface area contributed by atoms with Crippen molar-refractivity contribution in [3.63, 3.8) is 0 Å². The normalized spacial score (nSPS) is 18.0. The topological polar surface area (TPSA) is 3.24 Å². The van der Waals surface area contributed by atoms with E-state index in [2.05, 4.69) is 54.2 Å². The Morgan fingerprint density at radius 3 is 2.56 bits per heavy atom. The molecule has 1 aromatic rings. The van der Waals surface area contributed by atoms with Gasteiger partial charge < -0.3 is 0 Å². The van der Waals surface area contributed by atoms with Crippen LogP contribution in [0.1, 0.15) is 24.0 Å². The minimum atomic E-state index is 0.709. The molecule has 1 fully saturated rings. The molecule has 1 aromatic carbocycles. The van der Waals surface area contributed by atoms with Crippen molar-refractivity contribution in [3.05, 3.63) is 41.5 Å². The van der Waals surface area contributed by atoms with Gasteiger partial charge in [-0.2, -0.15) is 0 Å². The van der Waals surface area contributed by atoms with Gasteiger partial charge >= 0.3 is 0 Å². The Balaban J connectivity index is 1.84. The van der Waals surface area contributed by atoms with E-state index in [0.29, 0.717) is 5.92 Å². The van der Waals surface area contributed by atoms with Crippen LogP contribution in [0.4, 0.5) is 0 Å². The van der Waals surface area contributed by atoms with E-state index in [4.69, 9.17) is 6.42 Å². The number of rotatable bonds is 3. The Labute approximate surface area is 111 Å². The number of benzene rings is 1. The first kappa shape index (κ1) is 12.9. The molecule has 1 heteroatoms. The molecule has 1 heterocycles. The molecule has 0 saturated carbocycles. The van der Waals surface area contributed by atoms with Gasteiger partial charge in [0.25, 0.3) is 0 Å². The predicted molar refractivity (Wildman–Crippen MR) is 78.2 cm³/mol. The Kier molecular flexibility index (Phi) is 4.61. The fourth-order valence-corrected chi connectivity index (χ4v) is 2.36. The maximum atomic E-state index is 5.34. The summed E-state index contributed by atoms with van der Waals surface area (Å²) in [5.41, 5.74) is 2.61. The zero-order valence-electron chi connectivity index (χ0n) is 11.1. The van der Waals surface area contributed by atoms with Crippen molar-refractivity contribution in [2.24, 2.45) is 5.92 Å². The van der Waals surface area contributed by atoms with Crippen LogP contribution >= 0.6 is 0 Å². The van der Waals surface area contributed by atoms with E-state index in [9.17, 15) is 0 Å². The summed E-state index contributed by atoms with van der Waals surface area (Å²) < 4.78 is 0. The summed E-state index contributed by atoms with van der Waals surface area (Å²) in [6.45, 7) is 5.18. The van der Waals surface area contributed by atoms with Gasteiger partial charge in [-0.05, 0) is 44.3 Å². The van der Waals surface area contributed by atoms with Crippen LogP contribution in [0.15, 0.2) is 30.3 Å². The van der Waals surface area contributed by atoms with E-state index in [1.807, 2.05) is 0 Å². The number of hydrogen-bond donors (Lipinski definition) is 0. The van der Waals surface area contributed by atoms with Crippen molar-refractivity contribution >= 4 is 6.08 Å². The SMILES string of the molecule is C#CCN1CCC(/C=C/c2ccc(C)cc2)CC1. The molecule has 0 aliphatic carbocycles. The van der Waals surface area contributed by atoms with Gasteiger partial charge in [0.2, 0.25) is 0 Å². The number of likely N-dealkylation sites (tertiary alicyclic amines) is 1. The number of terminal acetylenes is 1. The fraction of sp³-hybridized carbons (Fsp3) is 0.412. The van der Waals surface area contributed by atoms with Gasteiger partial charge in [0.15, 0.2) is 0 Å². The second-order valence-corrected chi connectivity index (χ2v) is 5.09. The molecule has 0 unspecified atom stereocenters. The molecule has 0 amide bonds. The van der Waals surface area contributed by atoms with Crippen LogP contribution in [0.5, 0.6) is 0 Å². The monoisotopic (exact) mass is 239 g/mol. The molecule has 1 aliphatic rings.